The monoisotopic (exact) mass is 450 g/mol. The van der Waals surface area contributed by atoms with Gasteiger partial charge in [-0.2, -0.15) is 0 Å². The van der Waals surface area contributed by atoms with E-state index in [2.05, 4.69) is 21.2 Å². The molecule has 0 spiro atoms. The predicted molar refractivity (Wildman–Crippen MR) is 111 cm³/mol. The van der Waals surface area contributed by atoms with Crippen LogP contribution in [-0.4, -0.2) is 25.0 Å². The summed E-state index contributed by atoms with van der Waals surface area (Å²) in [5.74, 6) is 0.0961. The first-order valence-electron chi connectivity index (χ1n) is 8.69. The zero-order valence-electron chi connectivity index (χ0n) is 15.1. The quantitative estimate of drug-likeness (QED) is 0.710. The van der Waals surface area contributed by atoms with Crippen LogP contribution in [0.4, 0.5) is 11.4 Å². The van der Waals surface area contributed by atoms with Gasteiger partial charge in [-0.25, -0.2) is 0 Å². The van der Waals surface area contributed by atoms with Crippen LogP contribution in [0.3, 0.4) is 0 Å². The first kappa shape index (κ1) is 19.7. The van der Waals surface area contributed by atoms with Crippen molar-refractivity contribution in [1.82, 2.24) is 0 Å². The zero-order chi connectivity index (χ0) is 19.6. The Morgan fingerprint density at radius 1 is 1.30 bits per heavy atom. The fraction of sp³-hybridized carbons (Fsp3) is 0.300. The summed E-state index contributed by atoms with van der Waals surface area (Å²) in [7, 11) is 0. The van der Waals surface area contributed by atoms with Crippen LogP contribution in [0.25, 0.3) is 0 Å². The summed E-state index contributed by atoms with van der Waals surface area (Å²) in [6, 6.07) is 10.9. The molecule has 1 aliphatic heterocycles. The van der Waals surface area contributed by atoms with Crippen molar-refractivity contribution in [2.75, 3.05) is 23.4 Å². The van der Waals surface area contributed by atoms with E-state index in [-0.39, 0.29) is 18.2 Å². The second kappa shape index (κ2) is 8.31. The third-order valence-electron chi connectivity index (χ3n) is 4.55. The molecule has 1 atom stereocenters. The highest BCUT2D eigenvalue weighted by Gasteiger charge is 2.35. The molecule has 0 saturated carbocycles. The van der Waals surface area contributed by atoms with Gasteiger partial charge < -0.3 is 15.0 Å². The van der Waals surface area contributed by atoms with E-state index in [0.717, 1.165) is 21.5 Å². The van der Waals surface area contributed by atoms with E-state index in [1.165, 1.54) is 0 Å². The van der Waals surface area contributed by atoms with Gasteiger partial charge in [0.2, 0.25) is 11.8 Å². The normalized spacial score (nSPS) is 16.5. The van der Waals surface area contributed by atoms with Gasteiger partial charge >= 0.3 is 0 Å². The average Bonchev–Trinajstić information content (AvgIpc) is 3.05. The van der Waals surface area contributed by atoms with Gasteiger partial charge in [0.15, 0.2) is 0 Å². The second-order valence-corrected chi connectivity index (χ2v) is 7.59. The lowest BCUT2D eigenvalue weighted by Gasteiger charge is -2.17. The van der Waals surface area contributed by atoms with E-state index in [1.807, 2.05) is 38.1 Å². The van der Waals surface area contributed by atoms with Crippen LogP contribution in [0.15, 0.2) is 40.9 Å². The van der Waals surface area contributed by atoms with Gasteiger partial charge in [-0.15, -0.1) is 0 Å². The van der Waals surface area contributed by atoms with Crippen molar-refractivity contribution >= 4 is 50.7 Å². The van der Waals surface area contributed by atoms with Gasteiger partial charge in [0.25, 0.3) is 0 Å². The third kappa shape index (κ3) is 4.28. The van der Waals surface area contributed by atoms with Gasteiger partial charge in [0.05, 0.1) is 17.5 Å². The Bertz CT molecular complexity index is 870. The Kier molecular flexibility index (Phi) is 6.07. The summed E-state index contributed by atoms with van der Waals surface area (Å²) < 4.78 is 6.20. The molecular formula is C20H20BrClN2O3. The zero-order valence-corrected chi connectivity index (χ0v) is 17.4. The number of anilines is 2. The van der Waals surface area contributed by atoms with Gasteiger partial charge in [-0.05, 0) is 71.7 Å². The van der Waals surface area contributed by atoms with Crippen molar-refractivity contribution in [2.45, 2.75) is 20.3 Å². The van der Waals surface area contributed by atoms with Crippen molar-refractivity contribution in [3.05, 3.63) is 51.5 Å². The highest BCUT2D eigenvalue weighted by atomic mass is 79.9. The van der Waals surface area contributed by atoms with Crippen LogP contribution in [0.1, 0.15) is 18.9 Å². The number of amides is 2. The van der Waals surface area contributed by atoms with E-state index < -0.39 is 5.92 Å². The van der Waals surface area contributed by atoms with Crippen molar-refractivity contribution in [3.63, 3.8) is 0 Å². The van der Waals surface area contributed by atoms with Crippen molar-refractivity contribution in [3.8, 4) is 5.75 Å². The number of nitrogens with zero attached hydrogens (tertiary/aromatic N) is 1. The van der Waals surface area contributed by atoms with Crippen LogP contribution in [0.5, 0.6) is 5.75 Å². The van der Waals surface area contributed by atoms with E-state index in [0.29, 0.717) is 23.9 Å². The number of carbonyl (C=O) groups excluding carboxylic acids is 2. The fourth-order valence-electron chi connectivity index (χ4n) is 3.04. The average molecular weight is 452 g/mol. The lowest BCUT2D eigenvalue weighted by atomic mass is 10.1. The van der Waals surface area contributed by atoms with E-state index in [1.54, 1.807) is 17.0 Å². The lowest BCUT2D eigenvalue weighted by molar-refractivity contribution is -0.122. The molecule has 2 aromatic rings. The van der Waals surface area contributed by atoms with Crippen LogP contribution in [0, 0.1) is 12.8 Å². The third-order valence-corrected chi connectivity index (χ3v) is 5.93. The van der Waals surface area contributed by atoms with Gasteiger partial charge in [0.1, 0.15) is 5.75 Å². The molecule has 0 unspecified atom stereocenters. The Morgan fingerprint density at radius 3 is 2.67 bits per heavy atom. The summed E-state index contributed by atoms with van der Waals surface area (Å²) in [6.07, 6.45) is 0.183. The summed E-state index contributed by atoms with van der Waals surface area (Å²) in [5, 5.41) is 3.46. The maximum Gasteiger partial charge on any atom is 0.229 e. The van der Waals surface area contributed by atoms with E-state index in [4.69, 9.17) is 16.3 Å². The number of benzene rings is 2. The number of carbonyl (C=O) groups is 2. The number of rotatable bonds is 5. The molecule has 1 saturated heterocycles. The number of nitrogens with one attached hydrogen (secondary N) is 1. The smallest absolute Gasteiger partial charge is 0.229 e. The Hall–Kier alpha value is -2.05. The van der Waals surface area contributed by atoms with E-state index in [9.17, 15) is 9.59 Å². The van der Waals surface area contributed by atoms with Crippen molar-refractivity contribution in [1.29, 1.82) is 0 Å². The standard InChI is InChI=1S/C20H20BrClN2O3/c1-3-27-15-6-4-14(5-7-15)24-11-13(10-18(24)25)20(26)23-17-9-8-16(21)19(22)12(17)2/h4-9,13H,3,10-11H2,1-2H3,(H,23,26)/t13-/m0/s1. The number of halogens is 2. The van der Waals surface area contributed by atoms with Crippen LogP contribution in [0.2, 0.25) is 5.02 Å². The molecule has 1 N–H and O–H groups in total. The summed E-state index contributed by atoms with van der Waals surface area (Å²) >= 11 is 9.58. The molecular weight excluding hydrogens is 432 g/mol. The highest BCUT2D eigenvalue weighted by Crippen LogP contribution is 2.32. The molecule has 1 fully saturated rings. The fourth-order valence-corrected chi connectivity index (χ4v) is 3.64. The molecule has 2 amide bonds. The molecule has 0 aliphatic carbocycles. The lowest BCUT2D eigenvalue weighted by Crippen LogP contribution is -2.28. The molecule has 0 aromatic heterocycles. The maximum atomic E-state index is 12.7. The Balaban J connectivity index is 1.69. The topological polar surface area (TPSA) is 58.6 Å². The summed E-state index contributed by atoms with van der Waals surface area (Å²) in [4.78, 5) is 26.7. The Morgan fingerprint density at radius 2 is 2.00 bits per heavy atom. The molecule has 3 rings (SSSR count). The minimum absolute atomic E-state index is 0.0649. The second-order valence-electron chi connectivity index (χ2n) is 6.36. The highest BCUT2D eigenvalue weighted by molar-refractivity contribution is 9.10. The maximum absolute atomic E-state index is 12.7. The molecule has 2 aromatic carbocycles. The van der Waals surface area contributed by atoms with Gasteiger partial charge in [-0.1, -0.05) is 11.6 Å². The number of hydrogen-bond donors (Lipinski definition) is 1. The molecule has 1 aliphatic rings. The molecule has 0 bridgehead atoms. The first-order chi connectivity index (χ1) is 12.9. The first-order valence-corrected chi connectivity index (χ1v) is 9.86. The summed E-state index contributed by atoms with van der Waals surface area (Å²) in [6.45, 7) is 4.70. The number of hydrogen-bond acceptors (Lipinski definition) is 3. The van der Waals surface area contributed by atoms with Gasteiger partial charge in [-0.3, -0.25) is 9.59 Å². The molecule has 7 heteroatoms. The van der Waals surface area contributed by atoms with Crippen molar-refractivity contribution in [2.24, 2.45) is 5.92 Å². The SMILES string of the molecule is CCOc1ccc(N2C[C@@H](C(=O)Nc3ccc(Br)c(Cl)c3C)CC2=O)cc1. The van der Waals surface area contributed by atoms with Crippen LogP contribution >= 0.6 is 27.5 Å². The van der Waals surface area contributed by atoms with Crippen LogP contribution < -0.4 is 15.0 Å². The van der Waals surface area contributed by atoms with Gasteiger partial charge in [0, 0.05) is 28.8 Å². The molecule has 142 valence electrons. The summed E-state index contributed by atoms with van der Waals surface area (Å²) in [5.41, 5.74) is 2.20. The van der Waals surface area contributed by atoms with E-state index >= 15 is 0 Å². The van der Waals surface area contributed by atoms with Crippen molar-refractivity contribution < 1.29 is 14.3 Å². The molecule has 0 radical (unpaired) electrons. The Labute approximate surface area is 171 Å². The van der Waals surface area contributed by atoms with Crippen LogP contribution in [-0.2, 0) is 9.59 Å². The minimum Gasteiger partial charge on any atom is -0.494 e. The molecule has 1 heterocycles. The minimum atomic E-state index is -0.411. The molecule has 5 nitrogen and oxygen atoms in total. The predicted octanol–water partition coefficient (Wildman–Crippen LogP) is 4.80. The molecule has 27 heavy (non-hydrogen) atoms. The largest absolute Gasteiger partial charge is 0.494 e. The number of ether oxygens (including phenoxy) is 1.